The molecular weight excluding hydrogens is 386 g/mol. The average Bonchev–Trinajstić information content (AvgIpc) is 3.07. The molecule has 0 saturated carbocycles. The molecule has 1 amide bonds. The second-order valence-corrected chi connectivity index (χ2v) is 8.80. The minimum atomic E-state index is -0.0785. The van der Waals surface area contributed by atoms with Gasteiger partial charge in [0, 0.05) is 24.7 Å². The lowest BCUT2D eigenvalue weighted by Crippen LogP contribution is -2.49. The van der Waals surface area contributed by atoms with Gasteiger partial charge in [0.1, 0.15) is 11.9 Å². The van der Waals surface area contributed by atoms with Crippen LogP contribution in [0.25, 0.3) is 0 Å². The van der Waals surface area contributed by atoms with Crippen LogP contribution in [-0.2, 0) is 17.6 Å². The molecule has 1 saturated heterocycles. The quantitative estimate of drug-likeness (QED) is 0.808. The number of rotatable bonds is 3. The van der Waals surface area contributed by atoms with Crippen LogP contribution in [0.5, 0.6) is 5.75 Å². The SMILES string of the molecule is NC1CCCN(C2Cc3ccccc3C2Oc2cc3c(cc2Cl)NC(=O)CC3)C1. The highest BCUT2D eigenvalue weighted by Crippen LogP contribution is 2.42. The lowest BCUT2D eigenvalue weighted by Gasteiger charge is -2.38. The largest absolute Gasteiger partial charge is 0.482 e. The second-order valence-electron chi connectivity index (χ2n) is 8.39. The Hall–Kier alpha value is -2.08. The van der Waals surface area contributed by atoms with E-state index in [2.05, 4.69) is 34.5 Å². The van der Waals surface area contributed by atoms with Gasteiger partial charge in [0.05, 0.1) is 11.1 Å². The number of hydrogen-bond donors (Lipinski definition) is 2. The lowest BCUT2D eigenvalue weighted by molar-refractivity contribution is -0.116. The highest BCUT2D eigenvalue weighted by molar-refractivity contribution is 6.32. The molecule has 152 valence electrons. The molecule has 3 atom stereocenters. The fourth-order valence-corrected chi connectivity index (χ4v) is 5.16. The van der Waals surface area contributed by atoms with Crippen LogP contribution in [0.1, 0.15) is 42.1 Å². The van der Waals surface area contributed by atoms with Crippen LogP contribution in [0.15, 0.2) is 36.4 Å². The van der Waals surface area contributed by atoms with Gasteiger partial charge in [-0.3, -0.25) is 9.69 Å². The average molecular weight is 412 g/mol. The van der Waals surface area contributed by atoms with Gasteiger partial charge in [-0.15, -0.1) is 0 Å². The molecule has 5 rings (SSSR count). The number of halogens is 1. The first-order valence-corrected chi connectivity index (χ1v) is 10.8. The molecule has 0 radical (unpaired) electrons. The van der Waals surface area contributed by atoms with Crippen molar-refractivity contribution in [3.05, 3.63) is 58.1 Å². The molecule has 6 heteroatoms. The molecule has 0 aromatic heterocycles. The maximum atomic E-state index is 11.7. The summed E-state index contributed by atoms with van der Waals surface area (Å²) in [5.74, 6) is 0.725. The third-order valence-corrected chi connectivity index (χ3v) is 6.70. The van der Waals surface area contributed by atoms with Crippen LogP contribution >= 0.6 is 11.6 Å². The van der Waals surface area contributed by atoms with E-state index < -0.39 is 0 Å². The molecule has 1 aliphatic carbocycles. The summed E-state index contributed by atoms with van der Waals surface area (Å²) in [6.07, 6.45) is 4.30. The smallest absolute Gasteiger partial charge is 0.224 e. The van der Waals surface area contributed by atoms with Crippen molar-refractivity contribution in [2.75, 3.05) is 18.4 Å². The summed E-state index contributed by atoms with van der Waals surface area (Å²) >= 11 is 6.56. The van der Waals surface area contributed by atoms with E-state index in [0.29, 0.717) is 23.6 Å². The summed E-state index contributed by atoms with van der Waals surface area (Å²) in [5.41, 5.74) is 10.7. The van der Waals surface area contributed by atoms with Crippen molar-refractivity contribution in [3.8, 4) is 5.75 Å². The standard InChI is InChI=1S/C23H26ClN3O2/c24-18-12-19-15(7-8-22(28)26-19)11-21(18)29-23-17-6-2-1-4-14(17)10-20(23)27-9-3-5-16(25)13-27/h1-2,4,6,11-12,16,20,23H,3,5,7-10,13,25H2,(H,26,28). The number of amides is 1. The van der Waals surface area contributed by atoms with Crippen molar-refractivity contribution in [2.24, 2.45) is 5.73 Å². The first-order chi connectivity index (χ1) is 14.1. The van der Waals surface area contributed by atoms with Gasteiger partial charge in [0.15, 0.2) is 0 Å². The highest BCUT2D eigenvalue weighted by Gasteiger charge is 2.39. The number of hydrogen-bond acceptors (Lipinski definition) is 4. The van der Waals surface area contributed by atoms with E-state index in [9.17, 15) is 4.79 Å². The molecular formula is C23H26ClN3O2. The van der Waals surface area contributed by atoms with Gasteiger partial charge in [0.25, 0.3) is 0 Å². The predicted molar refractivity (Wildman–Crippen MR) is 114 cm³/mol. The molecule has 2 aliphatic heterocycles. The first-order valence-electron chi connectivity index (χ1n) is 10.4. The number of fused-ring (bicyclic) bond motifs is 2. The van der Waals surface area contributed by atoms with Crippen molar-refractivity contribution in [2.45, 2.75) is 50.3 Å². The topological polar surface area (TPSA) is 67.6 Å². The third kappa shape index (κ3) is 3.63. The minimum absolute atomic E-state index is 0.0356. The number of nitrogens with one attached hydrogen (secondary N) is 1. The number of likely N-dealkylation sites (tertiary alicyclic amines) is 1. The van der Waals surface area contributed by atoms with Crippen molar-refractivity contribution >= 4 is 23.2 Å². The van der Waals surface area contributed by atoms with Crippen molar-refractivity contribution in [1.82, 2.24) is 4.90 Å². The van der Waals surface area contributed by atoms with Crippen LogP contribution in [0, 0.1) is 0 Å². The molecule has 0 spiro atoms. The first kappa shape index (κ1) is 18.9. The summed E-state index contributed by atoms with van der Waals surface area (Å²) in [6.45, 7) is 1.96. The Labute approximate surface area is 176 Å². The monoisotopic (exact) mass is 411 g/mol. The predicted octanol–water partition coefficient (Wildman–Crippen LogP) is 3.69. The molecule has 5 nitrogen and oxygen atoms in total. The van der Waals surface area contributed by atoms with Crippen LogP contribution in [0.3, 0.4) is 0 Å². The van der Waals surface area contributed by atoms with E-state index in [1.807, 2.05) is 12.1 Å². The Balaban J connectivity index is 1.47. The summed E-state index contributed by atoms with van der Waals surface area (Å²) in [5, 5.41) is 3.43. The molecule has 3 unspecified atom stereocenters. The number of piperidine rings is 1. The third-order valence-electron chi connectivity index (χ3n) is 6.41. The summed E-state index contributed by atoms with van der Waals surface area (Å²) in [6, 6.07) is 12.8. The van der Waals surface area contributed by atoms with Gasteiger partial charge >= 0.3 is 0 Å². The molecule has 29 heavy (non-hydrogen) atoms. The molecule has 3 aliphatic rings. The van der Waals surface area contributed by atoms with Gasteiger partial charge in [-0.25, -0.2) is 0 Å². The van der Waals surface area contributed by atoms with Crippen LogP contribution in [0.4, 0.5) is 5.69 Å². The van der Waals surface area contributed by atoms with Gasteiger partial charge < -0.3 is 15.8 Å². The maximum Gasteiger partial charge on any atom is 0.224 e. The number of anilines is 1. The Bertz CT molecular complexity index is 948. The number of nitrogens with two attached hydrogens (primary N) is 1. The molecule has 2 aromatic rings. The van der Waals surface area contributed by atoms with E-state index in [1.54, 1.807) is 0 Å². The van der Waals surface area contributed by atoms with Gasteiger partial charge in [-0.05, 0) is 61.1 Å². The fourth-order valence-electron chi connectivity index (χ4n) is 4.95. The minimum Gasteiger partial charge on any atom is -0.482 e. The van der Waals surface area contributed by atoms with Crippen molar-refractivity contribution in [3.63, 3.8) is 0 Å². The Morgan fingerprint density at radius 3 is 2.90 bits per heavy atom. The van der Waals surface area contributed by atoms with Crippen LogP contribution < -0.4 is 15.8 Å². The normalized spacial score (nSPS) is 26.6. The molecule has 2 heterocycles. The Kier molecular flexibility index (Phi) is 4.98. The fraction of sp³-hybridized carbons (Fsp3) is 0.435. The highest BCUT2D eigenvalue weighted by atomic mass is 35.5. The van der Waals surface area contributed by atoms with Crippen molar-refractivity contribution in [1.29, 1.82) is 0 Å². The molecule has 1 fully saturated rings. The summed E-state index contributed by atoms with van der Waals surface area (Å²) < 4.78 is 6.60. The van der Waals surface area contributed by atoms with Crippen LogP contribution in [-0.4, -0.2) is 36.0 Å². The van der Waals surface area contributed by atoms with E-state index in [4.69, 9.17) is 22.1 Å². The van der Waals surface area contributed by atoms with Gasteiger partial charge in [-0.1, -0.05) is 35.9 Å². The molecule has 0 bridgehead atoms. The van der Waals surface area contributed by atoms with E-state index in [1.165, 1.54) is 11.1 Å². The second kappa shape index (κ2) is 7.63. The number of carbonyl (C=O) groups excluding carboxylic acids is 1. The Morgan fingerprint density at radius 2 is 2.03 bits per heavy atom. The van der Waals surface area contributed by atoms with Gasteiger partial charge in [-0.2, -0.15) is 0 Å². The van der Waals surface area contributed by atoms with Crippen LogP contribution in [0.2, 0.25) is 5.02 Å². The molecule has 3 N–H and O–H groups in total. The number of ether oxygens (including phenoxy) is 1. The maximum absolute atomic E-state index is 11.7. The number of aryl methyl sites for hydroxylation is 1. The number of carbonyl (C=O) groups is 1. The van der Waals surface area contributed by atoms with E-state index in [0.717, 1.165) is 43.6 Å². The number of nitrogens with zero attached hydrogens (tertiary/aromatic N) is 1. The van der Waals surface area contributed by atoms with Crippen molar-refractivity contribution < 1.29 is 9.53 Å². The zero-order valence-electron chi connectivity index (χ0n) is 16.4. The zero-order valence-corrected chi connectivity index (χ0v) is 17.1. The Morgan fingerprint density at radius 1 is 1.17 bits per heavy atom. The summed E-state index contributed by atoms with van der Waals surface area (Å²) in [7, 11) is 0. The zero-order chi connectivity index (χ0) is 20.0. The molecule has 2 aromatic carbocycles. The van der Waals surface area contributed by atoms with Gasteiger partial charge in [0.2, 0.25) is 5.91 Å². The lowest BCUT2D eigenvalue weighted by atomic mass is 10.0. The van der Waals surface area contributed by atoms with E-state index in [-0.39, 0.29) is 24.1 Å². The number of benzene rings is 2. The van der Waals surface area contributed by atoms with E-state index >= 15 is 0 Å². The summed E-state index contributed by atoms with van der Waals surface area (Å²) in [4.78, 5) is 14.2.